The Kier molecular flexibility index (Phi) is 5.74. The van der Waals surface area contributed by atoms with Gasteiger partial charge in [-0.3, -0.25) is 0 Å². The van der Waals surface area contributed by atoms with Crippen molar-refractivity contribution in [2.75, 3.05) is 6.54 Å². The summed E-state index contributed by atoms with van der Waals surface area (Å²) in [5.74, 6) is 0. The third-order valence-electron chi connectivity index (χ3n) is 3.31. The molecule has 4 N–H and O–H groups in total. The van der Waals surface area contributed by atoms with Crippen LogP contribution in [-0.4, -0.2) is 17.8 Å². The summed E-state index contributed by atoms with van der Waals surface area (Å²) in [6.45, 7) is 1.31. The number of benzene rings is 2. The first-order chi connectivity index (χ1) is 9.75. The van der Waals surface area contributed by atoms with Crippen LogP contribution in [0.1, 0.15) is 23.6 Å². The molecule has 2 rings (SSSR count). The van der Waals surface area contributed by atoms with E-state index < -0.39 is 6.10 Å². The van der Waals surface area contributed by atoms with Crippen LogP contribution in [0.25, 0.3) is 0 Å². The number of aliphatic hydroxyl groups is 1. The molecule has 0 saturated carbocycles. The van der Waals surface area contributed by atoms with Gasteiger partial charge >= 0.3 is 0 Å². The summed E-state index contributed by atoms with van der Waals surface area (Å²) in [5, 5.41) is 13.3. The second-order valence-corrected chi connectivity index (χ2v) is 5.02. The van der Waals surface area contributed by atoms with Gasteiger partial charge in [-0.15, -0.1) is 0 Å². The molecular formula is C17H22N2O. The zero-order chi connectivity index (χ0) is 14.2. The first-order valence-corrected chi connectivity index (χ1v) is 6.99. The van der Waals surface area contributed by atoms with Gasteiger partial charge < -0.3 is 16.2 Å². The maximum atomic E-state index is 10.0. The summed E-state index contributed by atoms with van der Waals surface area (Å²) in [5.41, 5.74) is 8.37. The van der Waals surface area contributed by atoms with Crippen molar-refractivity contribution in [2.45, 2.75) is 25.1 Å². The average Bonchev–Trinajstić information content (AvgIpc) is 2.49. The number of nitrogens with one attached hydrogen (secondary N) is 1. The highest BCUT2D eigenvalue weighted by molar-refractivity contribution is 5.18. The van der Waals surface area contributed by atoms with E-state index in [4.69, 9.17) is 5.73 Å². The monoisotopic (exact) mass is 270 g/mol. The van der Waals surface area contributed by atoms with Crippen LogP contribution in [0.3, 0.4) is 0 Å². The van der Waals surface area contributed by atoms with Crippen molar-refractivity contribution >= 4 is 0 Å². The Morgan fingerprint density at radius 2 is 1.55 bits per heavy atom. The lowest BCUT2D eigenvalue weighted by Crippen LogP contribution is -2.29. The maximum Gasteiger partial charge on any atom is 0.0682 e. The predicted octanol–water partition coefficient (Wildman–Crippen LogP) is 2.23. The Morgan fingerprint density at radius 1 is 0.950 bits per heavy atom. The minimum Gasteiger partial charge on any atom is -0.392 e. The Bertz CT molecular complexity index is 487. The van der Waals surface area contributed by atoms with E-state index >= 15 is 0 Å². The molecule has 20 heavy (non-hydrogen) atoms. The molecule has 106 valence electrons. The number of aliphatic hydroxyl groups excluding tert-OH is 1. The molecule has 2 aromatic rings. The van der Waals surface area contributed by atoms with E-state index in [9.17, 15) is 5.11 Å². The highest BCUT2D eigenvalue weighted by atomic mass is 16.3. The molecule has 3 nitrogen and oxygen atoms in total. The summed E-state index contributed by atoms with van der Waals surface area (Å²) in [6.07, 6.45) is 0.125. The number of rotatable bonds is 7. The summed E-state index contributed by atoms with van der Waals surface area (Å²) >= 11 is 0. The van der Waals surface area contributed by atoms with Gasteiger partial charge in [-0.05, 0) is 17.5 Å². The molecule has 0 aliphatic carbocycles. The van der Waals surface area contributed by atoms with E-state index in [0.29, 0.717) is 13.0 Å². The molecule has 2 unspecified atom stereocenters. The van der Waals surface area contributed by atoms with Crippen molar-refractivity contribution in [3.63, 3.8) is 0 Å². The van der Waals surface area contributed by atoms with E-state index in [1.165, 1.54) is 5.56 Å². The molecule has 0 amide bonds. The lowest BCUT2D eigenvalue weighted by molar-refractivity contribution is 0.152. The maximum absolute atomic E-state index is 10.0. The molecule has 0 aliphatic heterocycles. The largest absolute Gasteiger partial charge is 0.392 e. The van der Waals surface area contributed by atoms with E-state index in [2.05, 4.69) is 17.4 Å². The van der Waals surface area contributed by atoms with Gasteiger partial charge in [0.1, 0.15) is 0 Å². The second kappa shape index (κ2) is 7.80. The lowest BCUT2D eigenvalue weighted by atomic mass is 10.0. The van der Waals surface area contributed by atoms with Crippen LogP contribution < -0.4 is 11.1 Å². The Balaban J connectivity index is 1.71. The van der Waals surface area contributed by atoms with E-state index in [0.717, 1.165) is 12.1 Å². The Morgan fingerprint density at radius 3 is 2.20 bits per heavy atom. The van der Waals surface area contributed by atoms with Gasteiger partial charge in [0.15, 0.2) is 0 Å². The molecule has 0 aliphatic rings. The third kappa shape index (κ3) is 4.78. The van der Waals surface area contributed by atoms with Crippen LogP contribution in [0.5, 0.6) is 0 Å². The predicted molar refractivity (Wildman–Crippen MR) is 82.1 cm³/mol. The van der Waals surface area contributed by atoms with Crippen molar-refractivity contribution in [1.82, 2.24) is 5.32 Å². The van der Waals surface area contributed by atoms with E-state index in [1.54, 1.807) is 0 Å². The third-order valence-corrected chi connectivity index (χ3v) is 3.31. The fraction of sp³-hybridized carbons (Fsp3) is 0.294. The standard InChI is InChI=1S/C17H22N2O/c18-17(15-9-5-2-6-10-15)11-16(20)13-19-12-14-7-3-1-4-8-14/h1-10,16-17,19-20H,11-13,18H2. The smallest absolute Gasteiger partial charge is 0.0682 e. The normalized spacial score (nSPS) is 13.9. The minimum absolute atomic E-state index is 0.121. The van der Waals surface area contributed by atoms with Crippen molar-refractivity contribution in [2.24, 2.45) is 5.73 Å². The highest BCUT2D eigenvalue weighted by Crippen LogP contribution is 2.15. The number of nitrogens with two attached hydrogens (primary N) is 1. The minimum atomic E-state index is -0.436. The topological polar surface area (TPSA) is 58.3 Å². The highest BCUT2D eigenvalue weighted by Gasteiger charge is 2.11. The van der Waals surface area contributed by atoms with Crippen molar-refractivity contribution < 1.29 is 5.11 Å². The lowest BCUT2D eigenvalue weighted by Gasteiger charge is -2.17. The molecule has 0 heterocycles. The summed E-state index contributed by atoms with van der Waals surface area (Å²) in [6, 6.07) is 19.9. The zero-order valence-corrected chi connectivity index (χ0v) is 11.6. The number of hydrogen-bond acceptors (Lipinski definition) is 3. The fourth-order valence-electron chi connectivity index (χ4n) is 2.19. The number of hydrogen-bond donors (Lipinski definition) is 3. The molecule has 0 fully saturated rings. The Labute approximate surface area is 120 Å². The molecule has 3 heteroatoms. The van der Waals surface area contributed by atoms with Gasteiger partial charge in [0.25, 0.3) is 0 Å². The summed E-state index contributed by atoms with van der Waals surface area (Å²) < 4.78 is 0. The van der Waals surface area contributed by atoms with Gasteiger partial charge in [0, 0.05) is 19.1 Å². The molecule has 2 aromatic carbocycles. The van der Waals surface area contributed by atoms with Crippen molar-refractivity contribution in [3.8, 4) is 0 Å². The first-order valence-electron chi connectivity index (χ1n) is 6.99. The first kappa shape index (κ1) is 14.7. The fourth-order valence-corrected chi connectivity index (χ4v) is 2.19. The van der Waals surface area contributed by atoms with Crippen LogP contribution in [0.15, 0.2) is 60.7 Å². The van der Waals surface area contributed by atoms with Crippen LogP contribution >= 0.6 is 0 Å². The van der Waals surface area contributed by atoms with Gasteiger partial charge in [-0.2, -0.15) is 0 Å². The molecule has 0 saturated heterocycles. The summed E-state index contributed by atoms with van der Waals surface area (Å²) in [4.78, 5) is 0. The molecule has 0 radical (unpaired) electrons. The van der Waals surface area contributed by atoms with Crippen LogP contribution in [0.2, 0.25) is 0 Å². The molecule has 0 bridgehead atoms. The summed E-state index contributed by atoms with van der Waals surface area (Å²) in [7, 11) is 0. The van der Waals surface area contributed by atoms with E-state index in [1.807, 2.05) is 48.5 Å². The van der Waals surface area contributed by atoms with Gasteiger partial charge in [-0.25, -0.2) is 0 Å². The average molecular weight is 270 g/mol. The molecular weight excluding hydrogens is 248 g/mol. The van der Waals surface area contributed by atoms with Crippen molar-refractivity contribution in [1.29, 1.82) is 0 Å². The van der Waals surface area contributed by atoms with E-state index in [-0.39, 0.29) is 6.04 Å². The van der Waals surface area contributed by atoms with Gasteiger partial charge in [-0.1, -0.05) is 60.7 Å². The Hall–Kier alpha value is -1.68. The van der Waals surface area contributed by atoms with Crippen LogP contribution in [0.4, 0.5) is 0 Å². The van der Waals surface area contributed by atoms with Crippen LogP contribution in [0, 0.1) is 0 Å². The van der Waals surface area contributed by atoms with Crippen molar-refractivity contribution in [3.05, 3.63) is 71.8 Å². The van der Waals surface area contributed by atoms with Crippen LogP contribution in [-0.2, 0) is 6.54 Å². The second-order valence-electron chi connectivity index (χ2n) is 5.02. The van der Waals surface area contributed by atoms with Gasteiger partial charge in [0.05, 0.1) is 6.10 Å². The molecule has 2 atom stereocenters. The molecule has 0 aromatic heterocycles. The quantitative estimate of drug-likeness (QED) is 0.723. The molecule has 0 spiro atoms. The van der Waals surface area contributed by atoms with Gasteiger partial charge in [0.2, 0.25) is 0 Å². The zero-order valence-electron chi connectivity index (χ0n) is 11.6. The SMILES string of the molecule is NC(CC(O)CNCc1ccccc1)c1ccccc1.